The summed E-state index contributed by atoms with van der Waals surface area (Å²) in [4.78, 5) is 12.5. The lowest BCUT2D eigenvalue weighted by molar-refractivity contribution is -0.143. The van der Waals surface area contributed by atoms with Crippen molar-refractivity contribution in [2.45, 2.75) is 5.92 Å². The molecule has 1 aliphatic rings. The van der Waals surface area contributed by atoms with Gasteiger partial charge in [-0.15, -0.1) is 0 Å². The third kappa shape index (κ3) is 2.70. The van der Waals surface area contributed by atoms with E-state index < -0.39 is 0 Å². The Morgan fingerprint density at radius 3 is 2.05 bits per heavy atom. The minimum atomic E-state index is -0.270. The molecule has 0 N–H and O–H groups in total. The van der Waals surface area contributed by atoms with E-state index in [1.807, 2.05) is 36.4 Å². The quantitative estimate of drug-likeness (QED) is 0.640. The number of hydrogen-bond donors (Lipinski definition) is 0. The number of hydrogen-bond acceptors (Lipinski definition) is 2. The largest absolute Gasteiger partial charge is 0.460 e. The summed E-state index contributed by atoms with van der Waals surface area (Å²) in [5, 5.41) is 0. The molecule has 0 atom stereocenters. The fourth-order valence-electron chi connectivity index (χ4n) is 2.80. The van der Waals surface area contributed by atoms with Crippen LogP contribution in [-0.2, 0) is 20.4 Å². The van der Waals surface area contributed by atoms with Gasteiger partial charge in [-0.1, -0.05) is 48.5 Å². The topological polar surface area (TPSA) is 26.3 Å². The highest BCUT2D eigenvalue weighted by Crippen LogP contribution is 2.44. The van der Waals surface area contributed by atoms with Gasteiger partial charge in [0.2, 0.25) is 0 Å². The zero-order valence-electron chi connectivity index (χ0n) is 12.3. The van der Waals surface area contributed by atoms with E-state index in [0.717, 1.165) is 28.0 Å². The maximum Gasteiger partial charge on any atom is 0.318 e. The maximum atomic E-state index is 12.5. The Morgan fingerprint density at radius 1 is 1.00 bits per heavy atom. The van der Waals surface area contributed by atoms with Crippen molar-refractivity contribution >= 4 is 16.9 Å². The number of carbonyl (C=O) groups is 1. The van der Waals surface area contributed by atoms with Crippen molar-refractivity contribution in [3.63, 3.8) is 0 Å². The molecule has 0 radical (unpaired) electrons. The van der Waals surface area contributed by atoms with E-state index in [4.69, 9.17) is 4.74 Å². The van der Waals surface area contributed by atoms with Crippen LogP contribution in [0.4, 0.5) is 0 Å². The average molecular weight is 299 g/mol. The molecule has 3 heteroatoms. The van der Waals surface area contributed by atoms with Gasteiger partial charge in [0.1, 0.15) is 18.3 Å². The van der Waals surface area contributed by atoms with Crippen LogP contribution in [0.25, 0.3) is 11.1 Å². The lowest BCUT2D eigenvalue weighted by atomic mass is 9.97. The molecule has 2 aromatic rings. The third-order valence-electron chi connectivity index (χ3n) is 3.81. The maximum absolute atomic E-state index is 12.5. The molecule has 0 spiro atoms. The molecule has 108 valence electrons. The highest BCUT2D eigenvalue weighted by molar-refractivity contribution is 7.95. The Bertz CT molecular complexity index is 618. The Kier molecular flexibility index (Phi) is 4.02. The number of carbonyl (C=O) groups excluding carboxylic acids is 1. The minimum Gasteiger partial charge on any atom is -0.460 e. The number of rotatable bonds is 4. The van der Waals surface area contributed by atoms with Crippen LogP contribution >= 0.6 is 0 Å². The van der Waals surface area contributed by atoms with E-state index in [1.54, 1.807) is 0 Å². The second kappa shape index (κ2) is 5.94. The number of ether oxygens (including phenoxy) is 1. The summed E-state index contributed by atoms with van der Waals surface area (Å²) in [6.45, 7) is 0.510. The van der Waals surface area contributed by atoms with Gasteiger partial charge >= 0.3 is 5.97 Å². The van der Waals surface area contributed by atoms with Crippen LogP contribution in [0.5, 0.6) is 0 Å². The molecule has 2 nitrogen and oxygen atoms in total. The zero-order valence-corrected chi connectivity index (χ0v) is 13.2. The summed E-state index contributed by atoms with van der Waals surface area (Å²) in [6.07, 6.45) is 4.32. The zero-order chi connectivity index (χ0) is 14.8. The highest BCUT2D eigenvalue weighted by Gasteiger charge is 2.34. The molecular weight excluding hydrogens is 280 g/mol. The minimum absolute atomic E-state index is 0.127. The second-order valence-corrected chi connectivity index (χ2v) is 7.84. The second-order valence-electron chi connectivity index (χ2n) is 5.46. The molecule has 0 unspecified atom stereocenters. The fraction of sp³-hybridized carbons (Fsp3) is 0.278. The van der Waals surface area contributed by atoms with Gasteiger partial charge in [0.25, 0.3) is 0 Å². The van der Waals surface area contributed by atoms with Gasteiger partial charge in [-0.05, 0) is 33.1 Å². The van der Waals surface area contributed by atoms with Crippen molar-refractivity contribution in [1.29, 1.82) is 0 Å². The SMILES string of the molecule is C[S+](C)CCOC(=O)C1c2ccccc2-c2ccccc21. The van der Waals surface area contributed by atoms with E-state index in [0.29, 0.717) is 17.5 Å². The fourth-order valence-corrected chi connectivity index (χ4v) is 3.22. The van der Waals surface area contributed by atoms with Crippen molar-refractivity contribution in [3.05, 3.63) is 59.7 Å². The van der Waals surface area contributed by atoms with Gasteiger partial charge in [0.05, 0.1) is 12.5 Å². The molecule has 0 aromatic heterocycles. The first-order valence-corrected chi connectivity index (χ1v) is 9.28. The summed E-state index contributed by atoms with van der Waals surface area (Å²) in [5.41, 5.74) is 4.44. The van der Waals surface area contributed by atoms with E-state index in [1.165, 1.54) is 0 Å². The molecule has 0 fully saturated rings. The first-order valence-electron chi connectivity index (χ1n) is 7.07. The molecule has 0 bridgehead atoms. The van der Waals surface area contributed by atoms with E-state index in [2.05, 4.69) is 24.6 Å². The van der Waals surface area contributed by atoms with E-state index >= 15 is 0 Å². The lowest BCUT2D eigenvalue weighted by Gasteiger charge is -2.12. The number of esters is 1. The van der Waals surface area contributed by atoms with Crippen molar-refractivity contribution in [2.24, 2.45) is 0 Å². The van der Waals surface area contributed by atoms with E-state index in [-0.39, 0.29) is 11.9 Å². The Hall–Kier alpha value is -1.74. The van der Waals surface area contributed by atoms with Crippen molar-refractivity contribution in [2.75, 3.05) is 24.9 Å². The van der Waals surface area contributed by atoms with Gasteiger partial charge < -0.3 is 4.74 Å². The normalized spacial score (nSPS) is 13.1. The molecule has 2 aromatic carbocycles. The van der Waals surface area contributed by atoms with Gasteiger partial charge in [-0.25, -0.2) is 0 Å². The summed E-state index contributed by atoms with van der Waals surface area (Å²) >= 11 is 0. The monoisotopic (exact) mass is 299 g/mol. The molecule has 0 saturated carbocycles. The molecule has 21 heavy (non-hydrogen) atoms. The van der Waals surface area contributed by atoms with Crippen LogP contribution in [0.15, 0.2) is 48.5 Å². The summed E-state index contributed by atoms with van der Waals surface area (Å²) < 4.78 is 5.52. The van der Waals surface area contributed by atoms with Crippen molar-refractivity contribution < 1.29 is 9.53 Å². The average Bonchev–Trinajstić information content (AvgIpc) is 2.81. The van der Waals surface area contributed by atoms with Crippen LogP contribution in [0.3, 0.4) is 0 Å². The summed E-state index contributed by atoms with van der Waals surface area (Å²) in [6, 6.07) is 16.2. The van der Waals surface area contributed by atoms with Crippen LogP contribution in [0.1, 0.15) is 17.0 Å². The third-order valence-corrected chi connectivity index (χ3v) is 4.79. The summed E-state index contributed by atoms with van der Waals surface area (Å²) in [5.74, 6) is 0.535. The summed E-state index contributed by atoms with van der Waals surface area (Å²) in [7, 11) is 0.299. The van der Waals surface area contributed by atoms with Crippen molar-refractivity contribution in [3.8, 4) is 11.1 Å². The molecule has 0 heterocycles. The first-order chi connectivity index (χ1) is 10.2. The van der Waals surface area contributed by atoms with Crippen LogP contribution in [-0.4, -0.2) is 30.8 Å². The van der Waals surface area contributed by atoms with Crippen molar-refractivity contribution in [1.82, 2.24) is 0 Å². The standard InChI is InChI=1S/C18H19O2S/c1-21(2)12-11-20-18(19)17-15-9-5-3-7-13(15)14-8-4-6-10-16(14)17/h3-10,17H,11-12H2,1-2H3/q+1. The highest BCUT2D eigenvalue weighted by atomic mass is 32.2. The van der Waals surface area contributed by atoms with E-state index in [9.17, 15) is 4.79 Å². The first kappa shape index (κ1) is 14.2. The predicted octanol–water partition coefficient (Wildman–Crippen LogP) is 3.22. The lowest BCUT2D eigenvalue weighted by Crippen LogP contribution is -2.19. The molecule has 0 amide bonds. The Balaban J connectivity index is 1.90. The van der Waals surface area contributed by atoms with Gasteiger partial charge in [0.15, 0.2) is 0 Å². The Labute approximate surface area is 128 Å². The van der Waals surface area contributed by atoms with Crippen LogP contribution in [0.2, 0.25) is 0 Å². The smallest absolute Gasteiger partial charge is 0.318 e. The predicted molar refractivity (Wildman–Crippen MR) is 88.8 cm³/mol. The number of benzene rings is 2. The molecule has 1 aliphatic carbocycles. The molecule has 0 aliphatic heterocycles. The molecule has 0 saturated heterocycles. The van der Waals surface area contributed by atoms with Gasteiger partial charge in [-0.3, -0.25) is 4.79 Å². The van der Waals surface area contributed by atoms with Gasteiger partial charge in [-0.2, -0.15) is 0 Å². The Morgan fingerprint density at radius 2 is 1.52 bits per heavy atom. The van der Waals surface area contributed by atoms with Gasteiger partial charge in [0, 0.05) is 0 Å². The molecular formula is C18H19O2S+. The van der Waals surface area contributed by atoms with Crippen LogP contribution < -0.4 is 0 Å². The van der Waals surface area contributed by atoms with Crippen LogP contribution in [0, 0.1) is 0 Å². The number of fused-ring (bicyclic) bond motifs is 3. The molecule has 3 rings (SSSR count).